The van der Waals surface area contributed by atoms with Crippen molar-refractivity contribution >= 4 is 29.0 Å². The van der Waals surface area contributed by atoms with Gasteiger partial charge in [0, 0.05) is 17.0 Å². The Balaban J connectivity index is 2.94. The van der Waals surface area contributed by atoms with Crippen molar-refractivity contribution in [1.29, 1.82) is 0 Å². The summed E-state index contributed by atoms with van der Waals surface area (Å²) in [6.07, 6.45) is 0.500. The second kappa shape index (κ2) is 4.81. The Labute approximate surface area is 94.0 Å². The largest absolute Gasteiger partial charge is 0.294 e. The Morgan fingerprint density at radius 3 is 2.57 bits per heavy atom. The predicted octanol–water partition coefficient (Wildman–Crippen LogP) is 4.22. The van der Waals surface area contributed by atoms with E-state index in [-0.39, 0.29) is 5.78 Å². The first-order chi connectivity index (χ1) is 6.50. The summed E-state index contributed by atoms with van der Waals surface area (Å²) in [5.41, 5.74) is 0.521. The van der Waals surface area contributed by atoms with Crippen molar-refractivity contribution in [2.45, 2.75) is 20.3 Å². The lowest BCUT2D eigenvalue weighted by Gasteiger charge is -2.06. The van der Waals surface area contributed by atoms with Gasteiger partial charge in [0.1, 0.15) is 0 Å². The van der Waals surface area contributed by atoms with Gasteiger partial charge < -0.3 is 0 Å². The molecule has 76 valence electrons. The molecule has 1 aromatic rings. The number of ketones is 1. The van der Waals surface area contributed by atoms with Gasteiger partial charge in [-0.2, -0.15) is 0 Å². The summed E-state index contributed by atoms with van der Waals surface area (Å²) in [4.78, 5) is 11.7. The summed E-state index contributed by atoms with van der Waals surface area (Å²) < 4.78 is 0. The van der Waals surface area contributed by atoms with Crippen LogP contribution in [-0.4, -0.2) is 5.78 Å². The highest BCUT2D eigenvalue weighted by atomic mass is 35.5. The van der Waals surface area contributed by atoms with E-state index in [1.807, 2.05) is 13.8 Å². The van der Waals surface area contributed by atoms with E-state index < -0.39 is 0 Å². The molecule has 14 heavy (non-hydrogen) atoms. The van der Waals surface area contributed by atoms with Gasteiger partial charge in [-0.05, 0) is 24.1 Å². The molecule has 0 aromatic heterocycles. The van der Waals surface area contributed by atoms with Gasteiger partial charge in [0.05, 0.1) is 5.02 Å². The van der Waals surface area contributed by atoms with E-state index in [1.165, 1.54) is 0 Å². The van der Waals surface area contributed by atoms with E-state index in [2.05, 4.69) is 0 Å². The molecule has 0 bridgehead atoms. The number of Topliss-reactive ketones (excluding diaryl/α,β-unsaturated/α-hetero) is 1. The van der Waals surface area contributed by atoms with Crippen LogP contribution in [0, 0.1) is 5.92 Å². The van der Waals surface area contributed by atoms with Gasteiger partial charge in [0.25, 0.3) is 0 Å². The first-order valence-corrected chi connectivity index (χ1v) is 5.24. The van der Waals surface area contributed by atoms with Gasteiger partial charge in [-0.3, -0.25) is 4.79 Å². The average Bonchev–Trinajstić information content (AvgIpc) is 2.08. The number of rotatable bonds is 3. The quantitative estimate of drug-likeness (QED) is 0.711. The van der Waals surface area contributed by atoms with Crippen molar-refractivity contribution in [3.63, 3.8) is 0 Å². The molecule has 0 atom stereocenters. The lowest BCUT2D eigenvalue weighted by atomic mass is 10.0. The SMILES string of the molecule is CC(C)CC(=O)c1cc(Cl)ccc1Cl. The highest BCUT2D eigenvalue weighted by molar-refractivity contribution is 6.35. The molecule has 0 saturated heterocycles. The highest BCUT2D eigenvalue weighted by Crippen LogP contribution is 2.22. The van der Waals surface area contributed by atoms with Crippen LogP contribution in [0.4, 0.5) is 0 Å². The summed E-state index contributed by atoms with van der Waals surface area (Å²) >= 11 is 11.7. The van der Waals surface area contributed by atoms with E-state index in [4.69, 9.17) is 23.2 Å². The molecule has 0 aliphatic rings. The van der Waals surface area contributed by atoms with Crippen molar-refractivity contribution < 1.29 is 4.79 Å². The number of carbonyl (C=O) groups is 1. The molecule has 0 aliphatic carbocycles. The van der Waals surface area contributed by atoms with Crippen LogP contribution in [0.25, 0.3) is 0 Å². The van der Waals surface area contributed by atoms with Gasteiger partial charge in [-0.1, -0.05) is 37.0 Å². The van der Waals surface area contributed by atoms with Gasteiger partial charge >= 0.3 is 0 Å². The molecule has 0 unspecified atom stereocenters. The molecule has 1 nitrogen and oxygen atoms in total. The number of halogens is 2. The minimum atomic E-state index is 0.0486. The Kier molecular flexibility index (Phi) is 3.97. The second-order valence-electron chi connectivity index (χ2n) is 3.65. The Morgan fingerprint density at radius 1 is 1.36 bits per heavy atom. The van der Waals surface area contributed by atoms with Crippen molar-refractivity contribution in [2.75, 3.05) is 0 Å². The second-order valence-corrected chi connectivity index (χ2v) is 4.49. The van der Waals surface area contributed by atoms with Gasteiger partial charge in [0.15, 0.2) is 5.78 Å². The van der Waals surface area contributed by atoms with Crippen LogP contribution in [0.3, 0.4) is 0 Å². The Bertz CT molecular complexity index is 345. The number of benzene rings is 1. The number of hydrogen-bond donors (Lipinski definition) is 0. The minimum Gasteiger partial charge on any atom is -0.294 e. The van der Waals surface area contributed by atoms with Crippen molar-refractivity contribution in [2.24, 2.45) is 5.92 Å². The normalized spacial score (nSPS) is 10.6. The highest BCUT2D eigenvalue weighted by Gasteiger charge is 2.12. The standard InChI is InChI=1S/C11H12Cl2O/c1-7(2)5-11(14)9-6-8(12)3-4-10(9)13/h3-4,6-7H,5H2,1-2H3. The monoisotopic (exact) mass is 230 g/mol. The maximum atomic E-state index is 11.7. The van der Waals surface area contributed by atoms with E-state index >= 15 is 0 Å². The van der Waals surface area contributed by atoms with Gasteiger partial charge in [-0.25, -0.2) is 0 Å². The lowest BCUT2D eigenvalue weighted by Crippen LogP contribution is -2.04. The molecule has 3 heteroatoms. The van der Waals surface area contributed by atoms with Crippen LogP contribution in [0.15, 0.2) is 18.2 Å². The summed E-state index contributed by atoms with van der Waals surface area (Å²) in [5, 5.41) is 1.02. The summed E-state index contributed by atoms with van der Waals surface area (Å²) in [5.74, 6) is 0.380. The fourth-order valence-electron chi connectivity index (χ4n) is 1.19. The third kappa shape index (κ3) is 3.00. The predicted molar refractivity (Wildman–Crippen MR) is 60.2 cm³/mol. The molecule has 0 aliphatic heterocycles. The topological polar surface area (TPSA) is 17.1 Å². The van der Waals surface area contributed by atoms with E-state index in [1.54, 1.807) is 18.2 Å². The molecule has 0 N–H and O–H groups in total. The van der Waals surface area contributed by atoms with Crippen molar-refractivity contribution in [3.05, 3.63) is 33.8 Å². The van der Waals surface area contributed by atoms with Gasteiger partial charge in [0.2, 0.25) is 0 Å². The van der Waals surface area contributed by atoms with Crippen LogP contribution in [0.2, 0.25) is 10.0 Å². The third-order valence-corrected chi connectivity index (χ3v) is 2.39. The third-order valence-electron chi connectivity index (χ3n) is 1.82. The van der Waals surface area contributed by atoms with E-state index in [0.29, 0.717) is 27.9 Å². The van der Waals surface area contributed by atoms with Gasteiger partial charge in [-0.15, -0.1) is 0 Å². The molecule has 0 spiro atoms. The summed E-state index contributed by atoms with van der Waals surface area (Å²) in [7, 11) is 0. The van der Waals surface area contributed by atoms with Crippen LogP contribution in [-0.2, 0) is 0 Å². The minimum absolute atomic E-state index is 0.0486. The Hall–Kier alpha value is -0.530. The average molecular weight is 231 g/mol. The van der Waals surface area contributed by atoms with E-state index in [9.17, 15) is 4.79 Å². The molecule has 0 saturated carbocycles. The summed E-state index contributed by atoms with van der Waals surface area (Å²) in [6.45, 7) is 3.99. The van der Waals surface area contributed by atoms with Crippen LogP contribution < -0.4 is 0 Å². The van der Waals surface area contributed by atoms with Crippen LogP contribution >= 0.6 is 23.2 Å². The molecule has 0 radical (unpaired) electrons. The maximum Gasteiger partial charge on any atom is 0.164 e. The molecule has 0 heterocycles. The van der Waals surface area contributed by atoms with Crippen molar-refractivity contribution in [1.82, 2.24) is 0 Å². The first-order valence-electron chi connectivity index (χ1n) is 4.49. The fraction of sp³-hybridized carbons (Fsp3) is 0.364. The Morgan fingerprint density at radius 2 is 2.00 bits per heavy atom. The van der Waals surface area contributed by atoms with Crippen LogP contribution in [0.1, 0.15) is 30.6 Å². The first kappa shape index (κ1) is 11.5. The number of carbonyl (C=O) groups excluding carboxylic acids is 1. The fourth-order valence-corrected chi connectivity index (χ4v) is 1.59. The zero-order chi connectivity index (χ0) is 10.7. The smallest absolute Gasteiger partial charge is 0.164 e. The maximum absolute atomic E-state index is 11.7. The zero-order valence-electron chi connectivity index (χ0n) is 8.18. The van der Waals surface area contributed by atoms with E-state index in [0.717, 1.165) is 0 Å². The lowest BCUT2D eigenvalue weighted by molar-refractivity contribution is 0.0968. The molecule has 1 rings (SSSR count). The number of hydrogen-bond acceptors (Lipinski definition) is 1. The molecular weight excluding hydrogens is 219 g/mol. The molecular formula is C11H12Cl2O. The molecule has 0 amide bonds. The summed E-state index contributed by atoms with van der Waals surface area (Å²) in [6, 6.07) is 4.95. The van der Waals surface area contributed by atoms with Crippen molar-refractivity contribution in [3.8, 4) is 0 Å². The zero-order valence-corrected chi connectivity index (χ0v) is 9.69. The molecule has 1 aromatic carbocycles. The van der Waals surface area contributed by atoms with Crippen LogP contribution in [0.5, 0.6) is 0 Å². The molecule has 0 fully saturated rings.